The number of likely N-dealkylation sites (tertiary alicyclic amines) is 1. The zero-order chi connectivity index (χ0) is 10.0. The highest BCUT2D eigenvalue weighted by atomic mass is 16.2. The summed E-state index contributed by atoms with van der Waals surface area (Å²) in [6.45, 7) is 1.59. The fraction of sp³-hybridized carbons (Fsp3) is 0.909. The summed E-state index contributed by atoms with van der Waals surface area (Å²) in [4.78, 5) is 13.8. The highest BCUT2D eigenvalue weighted by Crippen LogP contribution is 2.35. The van der Waals surface area contributed by atoms with Gasteiger partial charge in [0.15, 0.2) is 0 Å². The van der Waals surface area contributed by atoms with E-state index in [4.69, 9.17) is 5.73 Å². The van der Waals surface area contributed by atoms with Crippen LogP contribution >= 0.6 is 0 Å². The van der Waals surface area contributed by atoms with Crippen LogP contribution in [0, 0.1) is 0 Å². The van der Waals surface area contributed by atoms with Gasteiger partial charge < -0.3 is 10.6 Å². The van der Waals surface area contributed by atoms with E-state index in [1.807, 2.05) is 0 Å². The van der Waals surface area contributed by atoms with Crippen molar-refractivity contribution in [3.8, 4) is 0 Å². The number of hydrogen-bond donors (Lipinski definition) is 1. The van der Waals surface area contributed by atoms with Crippen LogP contribution in [0.15, 0.2) is 0 Å². The lowest BCUT2D eigenvalue weighted by Gasteiger charge is -2.44. The first kappa shape index (κ1) is 9.97. The second-order valence-corrected chi connectivity index (χ2v) is 4.64. The van der Waals surface area contributed by atoms with Crippen molar-refractivity contribution >= 4 is 5.91 Å². The molecule has 0 unspecified atom stereocenters. The van der Waals surface area contributed by atoms with Crippen molar-refractivity contribution in [1.82, 2.24) is 4.90 Å². The Kier molecular flexibility index (Phi) is 2.77. The first-order valence-electron chi connectivity index (χ1n) is 5.79. The zero-order valence-corrected chi connectivity index (χ0v) is 8.80. The Labute approximate surface area is 85.6 Å². The number of amides is 1. The molecule has 1 saturated heterocycles. The molecule has 1 heterocycles. The molecule has 0 aromatic carbocycles. The third kappa shape index (κ3) is 1.54. The number of carbonyl (C=O) groups excluding carboxylic acids is 1. The van der Waals surface area contributed by atoms with Crippen LogP contribution in [0.5, 0.6) is 0 Å². The number of hydrogen-bond acceptors (Lipinski definition) is 2. The molecule has 3 heteroatoms. The van der Waals surface area contributed by atoms with E-state index in [2.05, 4.69) is 4.90 Å². The van der Waals surface area contributed by atoms with Crippen LogP contribution < -0.4 is 5.73 Å². The second-order valence-electron chi connectivity index (χ2n) is 4.64. The monoisotopic (exact) mass is 196 g/mol. The molecule has 80 valence electrons. The van der Waals surface area contributed by atoms with Crippen molar-refractivity contribution in [2.45, 2.75) is 50.5 Å². The number of nitrogens with zero attached hydrogens (tertiary/aromatic N) is 1. The van der Waals surface area contributed by atoms with Crippen molar-refractivity contribution in [3.63, 3.8) is 0 Å². The van der Waals surface area contributed by atoms with Gasteiger partial charge in [-0.2, -0.15) is 0 Å². The van der Waals surface area contributed by atoms with Gasteiger partial charge >= 0.3 is 0 Å². The maximum absolute atomic E-state index is 11.7. The quantitative estimate of drug-likeness (QED) is 0.723. The number of rotatable bonds is 2. The molecule has 1 aliphatic carbocycles. The Hall–Kier alpha value is -0.570. The van der Waals surface area contributed by atoms with E-state index in [1.54, 1.807) is 0 Å². The summed E-state index contributed by atoms with van der Waals surface area (Å²) in [6, 6.07) is 0. The smallest absolute Gasteiger partial charge is 0.223 e. The van der Waals surface area contributed by atoms with Crippen LogP contribution in [-0.4, -0.2) is 29.4 Å². The molecule has 2 rings (SSSR count). The molecule has 0 bridgehead atoms. The fourth-order valence-corrected chi connectivity index (χ4v) is 2.94. The minimum atomic E-state index is 0.0336. The van der Waals surface area contributed by atoms with Crippen molar-refractivity contribution < 1.29 is 4.79 Å². The van der Waals surface area contributed by atoms with Crippen molar-refractivity contribution in [3.05, 3.63) is 0 Å². The van der Waals surface area contributed by atoms with Gasteiger partial charge in [0.2, 0.25) is 5.91 Å². The molecule has 0 spiro atoms. The van der Waals surface area contributed by atoms with Crippen molar-refractivity contribution in [2.75, 3.05) is 13.1 Å². The molecular weight excluding hydrogens is 176 g/mol. The molecule has 2 fully saturated rings. The summed E-state index contributed by atoms with van der Waals surface area (Å²) < 4.78 is 0. The van der Waals surface area contributed by atoms with Crippen LogP contribution in [0.25, 0.3) is 0 Å². The topological polar surface area (TPSA) is 46.3 Å². The number of carbonyl (C=O) groups is 1. The van der Waals surface area contributed by atoms with Gasteiger partial charge in [-0.3, -0.25) is 4.79 Å². The first-order chi connectivity index (χ1) is 6.78. The lowest BCUT2D eigenvalue weighted by Crippen LogP contribution is -2.55. The van der Waals surface area contributed by atoms with Crippen LogP contribution in [0.2, 0.25) is 0 Å². The van der Waals surface area contributed by atoms with Crippen LogP contribution in [0.1, 0.15) is 44.9 Å². The molecule has 2 aliphatic rings. The Balaban J connectivity index is 2.13. The van der Waals surface area contributed by atoms with E-state index in [-0.39, 0.29) is 5.54 Å². The third-order valence-corrected chi connectivity index (χ3v) is 3.81. The maximum Gasteiger partial charge on any atom is 0.223 e. The highest BCUT2D eigenvalue weighted by Gasteiger charge is 2.41. The molecule has 1 saturated carbocycles. The first-order valence-corrected chi connectivity index (χ1v) is 5.79. The lowest BCUT2D eigenvalue weighted by atomic mass is 9.80. The molecule has 1 amide bonds. The predicted octanol–water partition coefficient (Wildman–Crippen LogP) is 1.27. The highest BCUT2D eigenvalue weighted by molar-refractivity contribution is 5.79. The molecule has 0 aromatic heterocycles. The average Bonchev–Trinajstić information content (AvgIpc) is 2.66. The Bertz CT molecular complexity index is 221. The van der Waals surface area contributed by atoms with Gasteiger partial charge in [0, 0.05) is 19.5 Å². The second kappa shape index (κ2) is 3.89. The summed E-state index contributed by atoms with van der Waals surface area (Å²) in [5.41, 5.74) is 5.92. The van der Waals surface area contributed by atoms with Gasteiger partial charge in [-0.25, -0.2) is 0 Å². The Morgan fingerprint density at radius 3 is 2.43 bits per heavy atom. The van der Waals surface area contributed by atoms with E-state index in [0.29, 0.717) is 12.5 Å². The zero-order valence-electron chi connectivity index (χ0n) is 8.80. The van der Waals surface area contributed by atoms with E-state index < -0.39 is 0 Å². The fourth-order valence-electron chi connectivity index (χ4n) is 2.94. The molecule has 3 nitrogen and oxygen atoms in total. The summed E-state index contributed by atoms with van der Waals surface area (Å²) in [5, 5.41) is 0. The summed E-state index contributed by atoms with van der Waals surface area (Å²) in [5.74, 6) is 0.331. The Morgan fingerprint density at radius 2 is 1.93 bits per heavy atom. The minimum absolute atomic E-state index is 0.0336. The minimum Gasteiger partial charge on any atom is -0.336 e. The van der Waals surface area contributed by atoms with Gasteiger partial charge in [-0.05, 0) is 19.3 Å². The molecule has 2 N–H and O–H groups in total. The van der Waals surface area contributed by atoms with Gasteiger partial charge in [-0.15, -0.1) is 0 Å². The molecule has 0 aromatic rings. The third-order valence-electron chi connectivity index (χ3n) is 3.81. The molecule has 0 radical (unpaired) electrons. The molecule has 14 heavy (non-hydrogen) atoms. The van der Waals surface area contributed by atoms with Gasteiger partial charge in [-0.1, -0.05) is 19.3 Å². The average molecular weight is 196 g/mol. The van der Waals surface area contributed by atoms with Gasteiger partial charge in [0.25, 0.3) is 0 Å². The van der Waals surface area contributed by atoms with E-state index in [9.17, 15) is 4.79 Å². The lowest BCUT2D eigenvalue weighted by molar-refractivity contribution is -0.134. The predicted molar refractivity (Wildman–Crippen MR) is 55.8 cm³/mol. The van der Waals surface area contributed by atoms with E-state index in [1.165, 1.54) is 19.3 Å². The Morgan fingerprint density at radius 1 is 1.21 bits per heavy atom. The maximum atomic E-state index is 11.7. The van der Waals surface area contributed by atoms with Gasteiger partial charge in [0.05, 0.1) is 5.54 Å². The van der Waals surface area contributed by atoms with E-state index >= 15 is 0 Å². The van der Waals surface area contributed by atoms with Crippen molar-refractivity contribution in [2.24, 2.45) is 5.73 Å². The molecule has 1 aliphatic heterocycles. The number of nitrogens with two attached hydrogens (primary N) is 1. The summed E-state index contributed by atoms with van der Waals surface area (Å²) in [7, 11) is 0. The van der Waals surface area contributed by atoms with Crippen LogP contribution in [-0.2, 0) is 4.79 Å². The molecular formula is C11H20N2O. The van der Waals surface area contributed by atoms with Gasteiger partial charge in [0.1, 0.15) is 0 Å². The summed E-state index contributed by atoms with van der Waals surface area (Å²) in [6.07, 6.45) is 7.79. The van der Waals surface area contributed by atoms with Crippen LogP contribution in [0.3, 0.4) is 0 Å². The SMILES string of the molecule is NCC1(N2CCCC2=O)CCCCC1. The standard InChI is InChI=1S/C11H20N2O/c12-9-11(6-2-1-3-7-11)13-8-4-5-10(13)14/h1-9,12H2. The normalized spacial score (nSPS) is 26.9. The van der Waals surface area contributed by atoms with Crippen molar-refractivity contribution in [1.29, 1.82) is 0 Å². The van der Waals surface area contributed by atoms with E-state index in [0.717, 1.165) is 32.2 Å². The molecule has 0 atom stereocenters. The largest absolute Gasteiger partial charge is 0.336 e. The van der Waals surface area contributed by atoms with Crippen LogP contribution in [0.4, 0.5) is 0 Å². The summed E-state index contributed by atoms with van der Waals surface area (Å²) >= 11 is 0.